The molecule has 0 unspecified atom stereocenters. The number of methoxy groups -OCH3 is 1. The van der Waals surface area contributed by atoms with Crippen LogP contribution in [0.2, 0.25) is 0 Å². The van der Waals surface area contributed by atoms with Gasteiger partial charge in [-0.15, -0.1) is 0 Å². The molecular weight excluding hydrogens is 372 g/mol. The average Bonchev–Trinajstić information content (AvgIpc) is 3.08. The molecule has 0 amide bonds. The Balaban J connectivity index is 1.80. The first kappa shape index (κ1) is 18.6. The molecule has 9 heteroatoms. The summed E-state index contributed by atoms with van der Waals surface area (Å²) < 4.78 is 33.1. The molecule has 8 nitrogen and oxygen atoms in total. The zero-order valence-electron chi connectivity index (χ0n) is 14.3. The van der Waals surface area contributed by atoms with Crippen molar-refractivity contribution >= 4 is 32.7 Å². The van der Waals surface area contributed by atoms with Crippen LogP contribution in [0, 0.1) is 0 Å². The van der Waals surface area contributed by atoms with Crippen LogP contribution in [0.1, 0.15) is 20.7 Å². The van der Waals surface area contributed by atoms with Gasteiger partial charge in [0.25, 0.3) is 0 Å². The minimum atomic E-state index is -4.01. The molecule has 0 aliphatic heterocycles. The maximum atomic E-state index is 12.4. The van der Waals surface area contributed by atoms with Crippen LogP contribution in [0.4, 0.5) is 0 Å². The number of primary sulfonamides is 1. The number of aromatic nitrogens is 1. The van der Waals surface area contributed by atoms with Gasteiger partial charge < -0.3 is 14.5 Å². The lowest BCUT2D eigenvalue weighted by Crippen LogP contribution is -2.17. The van der Waals surface area contributed by atoms with Crippen LogP contribution in [0.3, 0.4) is 0 Å². The van der Waals surface area contributed by atoms with E-state index in [0.717, 1.165) is 11.6 Å². The van der Waals surface area contributed by atoms with E-state index in [-0.39, 0.29) is 16.2 Å². The summed E-state index contributed by atoms with van der Waals surface area (Å²) in [6.07, 6.45) is 1.54. The van der Waals surface area contributed by atoms with E-state index in [1.165, 1.54) is 19.2 Å². The number of para-hydroxylation sites is 1. The van der Waals surface area contributed by atoms with Crippen molar-refractivity contribution in [3.8, 4) is 5.75 Å². The number of aromatic amines is 1. The Bertz CT molecular complexity index is 1130. The number of nitrogens with one attached hydrogen (secondary N) is 1. The van der Waals surface area contributed by atoms with Gasteiger partial charge in [-0.2, -0.15) is 0 Å². The standard InChI is InChI=1S/C18H16N2O6S/c1-25-17-7-6-11(27(19,23)24)8-13(17)18(22)26-10-16(21)14-9-20-15-5-3-2-4-12(14)15/h2-9,20H,10H2,1H3,(H2,19,23,24). The summed E-state index contributed by atoms with van der Waals surface area (Å²) in [7, 11) is -2.69. The number of ketones is 1. The molecule has 3 N–H and O–H groups in total. The van der Waals surface area contributed by atoms with Crippen LogP contribution in [0.5, 0.6) is 5.75 Å². The predicted molar refractivity (Wildman–Crippen MR) is 97.3 cm³/mol. The fourth-order valence-corrected chi connectivity index (χ4v) is 3.15. The van der Waals surface area contributed by atoms with Gasteiger partial charge in [-0.1, -0.05) is 18.2 Å². The highest BCUT2D eigenvalue weighted by molar-refractivity contribution is 7.89. The van der Waals surface area contributed by atoms with Crippen LogP contribution in [0.25, 0.3) is 10.9 Å². The fourth-order valence-electron chi connectivity index (χ4n) is 2.61. The number of esters is 1. The molecule has 3 rings (SSSR count). The highest BCUT2D eigenvalue weighted by Gasteiger charge is 2.20. The minimum absolute atomic E-state index is 0.104. The Hall–Kier alpha value is -3.17. The number of hydrogen-bond donors (Lipinski definition) is 2. The Morgan fingerprint density at radius 1 is 1.11 bits per heavy atom. The lowest BCUT2D eigenvalue weighted by molar-refractivity contribution is 0.0471. The summed E-state index contributed by atoms with van der Waals surface area (Å²) in [6.45, 7) is -0.510. The van der Waals surface area contributed by atoms with Gasteiger partial charge in [-0.3, -0.25) is 4.79 Å². The molecule has 27 heavy (non-hydrogen) atoms. The predicted octanol–water partition coefficient (Wildman–Crippen LogP) is 1.86. The number of sulfonamides is 1. The fraction of sp³-hybridized carbons (Fsp3) is 0.111. The number of rotatable bonds is 6. The Morgan fingerprint density at radius 2 is 1.85 bits per heavy atom. The van der Waals surface area contributed by atoms with E-state index < -0.39 is 28.4 Å². The van der Waals surface area contributed by atoms with E-state index in [4.69, 9.17) is 14.6 Å². The summed E-state index contributed by atoms with van der Waals surface area (Å²) in [5, 5.41) is 5.79. The SMILES string of the molecule is COc1ccc(S(N)(=O)=O)cc1C(=O)OCC(=O)c1c[nH]c2ccccc12. The van der Waals surface area contributed by atoms with Crippen LogP contribution < -0.4 is 9.88 Å². The summed E-state index contributed by atoms with van der Waals surface area (Å²) in [5.41, 5.74) is 1.04. The van der Waals surface area contributed by atoms with Crippen LogP contribution >= 0.6 is 0 Å². The number of ether oxygens (including phenoxy) is 2. The van der Waals surface area contributed by atoms with Crippen molar-refractivity contribution in [2.24, 2.45) is 5.14 Å². The first-order chi connectivity index (χ1) is 12.8. The van der Waals surface area contributed by atoms with Gasteiger partial charge in [0.2, 0.25) is 15.8 Å². The number of hydrogen-bond acceptors (Lipinski definition) is 6. The normalized spacial score (nSPS) is 11.3. The number of carbonyl (C=O) groups is 2. The van der Waals surface area contributed by atoms with Gasteiger partial charge in [0, 0.05) is 22.7 Å². The molecule has 0 radical (unpaired) electrons. The van der Waals surface area contributed by atoms with E-state index in [0.29, 0.717) is 10.9 Å². The second kappa shape index (κ2) is 7.22. The molecule has 0 bridgehead atoms. The first-order valence-electron chi connectivity index (χ1n) is 7.78. The highest BCUT2D eigenvalue weighted by Crippen LogP contribution is 2.23. The number of fused-ring (bicyclic) bond motifs is 1. The number of H-pyrrole nitrogens is 1. The Kier molecular flexibility index (Phi) is 4.98. The molecule has 1 heterocycles. The second-order valence-corrected chi connectivity index (χ2v) is 7.22. The lowest BCUT2D eigenvalue weighted by Gasteiger charge is -2.10. The second-order valence-electron chi connectivity index (χ2n) is 5.65. The zero-order valence-corrected chi connectivity index (χ0v) is 15.1. The molecule has 1 aromatic heterocycles. The van der Waals surface area contributed by atoms with Crippen molar-refractivity contribution < 1.29 is 27.5 Å². The molecule has 0 atom stereocenters. The van der Waals surface area contributed by atoms with E-state index in [1.54, 1.807) is 18.3 Å². The smallest absolute Gasteiger partial charge is 0.342 e. The largest absolute Gasteiger partial charge is 0.496 e. The zero-order chi connectivity index (χ0) is 19.6. The third-order valence-corrected chi connectivity index (χ3v) is 4.85. The van der Waals surface area contributed by atoms with Gasteiger partial charge in [0.1, 0.15) is 11.3 Å². The van der Waals surface area contributed by atoms with Crippen molar-refractivity contribution in [1.29, 1.82) is 0 Å². The molecule has 0 aliphatic carbocycles. The molecule has 2 aromatic carbocycles. The molecule has 0 saturated heterocycles. The van der Waals surface area contributed by atoms with E-state index in [9.17, 15) is 18.0 Å². The van der Waals surface area contributed by atoms with Crippen LogP contribution in [0.15, 0.2) is 53.6 Å². The number of benzene rings is 2. The first-order valence-corrected chi connectivity index (χ1v) is 9.33. The summed E-state index contributed by atoms with van der Waals surface area (Å²) in [6, 6.07) is 10.8. The van der Waals surface area contributed by atoms with Gasteiger partial charge in [0.05, 0.1) is 12.0 Å². The van der Waals surface area contributed by atoms with Crippen molar-refractivity contribution in [2.45, 2.75) is 4.90 Å². The quantitative estimate of drug-likeness (QED) is 0.490. The molecule has 3 aromatic rings. The third-order valence-electron chi connectivity index (χ3n) is 3.94. The number of nitrogens with two attached hydrogens (primary N) is 1. The molecule has 140 valence electrons. The molecule has 0 saturated carbocycles. The topological polar surface area (TPSA) is 129 Å². The summed E-state index contributed by atoms with van der Waals surface area (Å²) >= 11 is 0. The number of Topliss-reactive ketones (excluding diaryl/α,β-unsaturated/α-hetero) is 1. The Labute approximate surface area is 154 Å². The van der Waals surface area contributed by atoms with Crippen LogP contribution in [-0.2, 0) is 14.8 Å². The lowest BCUT2D eigenvalue weighted by atomic mass is 10.1. The maximum Gasteiger partial charge on any atom is 0.342 e. The van der Waals surface area contributed by atoms with Gasteiger partial charge in [0.15, 0.2) is 6.61 Å². The van der Waals surface area contributed by atoms with E-state index in [1.807, 2.05) is 12.1 Å². The Morgan fingerprint density at radius 3 is 2.56 bits per heavy atom. The van der Waals surface area contributed by atoms with Crippen molar-refractivity contribution in [1.82, 2.24) is 4.98 Å². The van der Waals surface area contributed by atoms with Gasteiger partial charge in [-0.25, -0.2) is 18.4 Å². The van der Waals surface area contributed by atoms with Gasteiger partial charge >= 0.3 is 5.97 Å². The monoisotopic (exact) mass is 388 g/mol. The van der Waals surface area contributed by atoms with Gasteiger partial charge in [-0.05, 0) is 24.3 Å². The average molecular weight is 388 g/mol. The van der Waals surface area contributed by atoms with Crippen molar-refractivity contribution in [3.05, 3.63) is 59.8 Å². The van der Waals surface area contributed by atoms with E-state index in [2.05, 4.69) is 4.98 Å². The summed E-state index contributed by atoms with van der Waals surface area (Å²) in [4.78, 5) is 27.4. The molecular formula is C18H16N2O6S. The minimum Gasteiger partial charge on any atom is -0.496 e. The van der Waals surface area contributed by atoms with Crippen molar-refractivity contribution in [3.63, 3.8) is 0 Å². The number of carbonyl (C=O) groups excluding carboxylic acids is 2. The molecule has 0 spiro atoms. The third kappa shape index (κ3) is 3.83. The highest BCUT2D eigenvalue weighted by atomic mass is 32.2. The summed E-state index contributed by atoms with van der Waals surface area (Å²) in [5.74, 6) is -1.19. The molecule has 0 fully saturated rings. The molecule has 0 aliphatic rings. The maximum absolute atomic E-state index is 12.4. The van der Waals surface area contributed by atoms with E-state index >= 15 is 0 Å². The van der Waals surface area contributed by atoms with Crippen LogP contribution in [-0.4, -0.2) is 38.9 Å². The van der Waals surface area contributed by atoms with Crippen molar-refractivity contribution in [2.75, 3.05) is 13.7 Å².